The van der Waals surface area contributed by atoms with Gasteiger partial charge in [-0.05, 0) is 50.3 Å². The molecule has 4 heterocycles. The highest BCUT2D eigenvalue weighted by atomic mass is 16.2. The van der Waals surface area contributed by atoms with E-state index in [1.54, 1.807) is 18.1 Å². The second kappa shape index (κ2) is 5.70. The lowest BCUT2D eigenvalue weighted by molar-refractivity contribution is 0.0679. The molecular weight excluding hydrogens is 304 g/mol. The quantitative estimate of drug-likeness (QED) is 0.905. The van der Waals surface area contributed by atoms with Crippen LogP contribution in [0.15, 0.2) is 29.3 Å². The van der Waals surface area contributed by atoms with Crippen molar-refractivity contribution in [3.8, 4) is 0 Å². The van der Waals surface area contributed by atoms with Gasteiger partial charge < -0.3 is 10.2 Å². The van der Waals surface area contributed by atoms with E-state index >= 15 is 0 Å². The topological polar surface area (TPSA) is 66.7 Å². The van der Waals surface area contributed by atoms with E-state index in [1.807, 2.05) is 19.1 Å². The minimum atomic E-state index is -0.297. The molecular formula is C18H22N4O2. The number of pyridine rings is 1. The van der Waals surface area contributed by atoms with Crippen LogP contribution in [-0.2, 0) is 0 Å². The van der Waals surface area contributed by atoms with Crippen molar-refractivity contribution in [2.24, 2.45) is 0 Å². The highest BCUT2D eigenvalue weighted by Gasteiger charge is 2.37. The van der Waals surface area contributed by atoms with Crippen molar-refractivity contribution in [2.75, 3.05) is 7.05 Å². The summed E-state index contributed by atoms with van der Waals surface area (Å²) in [6, 6.07) is 4.88. The molecule has 0 aliphatic carbocycles. The number of rotatable bonds is 2. The van der Waals surface area contributed by atoms with Crippen LogP contribution in [0.4, 0.5) is 0 Å². The van der Waals surface area contributed by atoms with Crippen LogP contribution in [0, 0.1) is 6.92 Å². The van der Waals surface area contributed by atoms with E-state index in [2.05, 4.69) is 10.3 Å². The third-order valence-corrected chi connectivity index (χ3v) is 5.41. The first-order valence-electron chi connectivity index (χ1n) is 8.54. The Balaban J connectivity index is 1.64. The van der Waals surface area contributed by atoms with E-state index in [0.29, 0.717) is 17.7 Å². The normalized spacial score (nSPS) is 25.8. The Hall–Kier alpha value is -2.21. The minimum Gasteiger partial charge on any atom is -0.338 e. The molecule has 2 unspecified atom stereocenters. The molecule has 1 amide bonds. The summed E-state index contributed by atoms with van der Waals surface area (Å²) in [6.07, 6.45) is 7.39. The summed E-state index contributed by atoms with van der Waals surface area (Å²) in [4.78, 5) is 31.6. The molecule has 6 nitrogen and oxygen atoms in total. The lowest BCUT2D eigenvalue weighted by Crippen LogP contribution is -2.49. The Morgan fingerprint density at radius 3 is 2.75 bits per heavy atom. The number of fused-ring (bicyclic) bond motifs is 3. The van der Waals surface area contributed by atoms with Crippen molar-refractivity contribution in [2.45, 2.75) is 50.7 Å². The van der Waals surface area contributed by atoms with Gasteiger partial charge in [0.2, 0.25) is 0 Å². The first-order chi connectivity index (χ1) is 11.5. The molecule has 0 aromatic carbocycles. The molecule has 2 aromatic heterocycles. The van der Waals surface area contributed by atoms with Crippen LogP contribution in [0.5, 0.6) is 0 Å². The number of aryl methyl sites for hydroxylation is 1. The molecule has 4 rings (SSSR count). The van der Waals surface area contributed by atoms with Gasteiger partial charge in [0, 0.05) is 37.6 Å². The average molecular weight is 326 g/mol. The second-order valence-electron chi connectivity index (χ2n) is 7.09. The zero-order valence-electron chi connectivity index (χ0n) is 14.0. The SMILES string of the molecule is Cc1ccn2c(=O)c(C(=O)N(C)C3CC4CCC(C3)N4)cnc2c1. The van der Waals surface area contributed by atoms with Gasteiger partial charge in [-0.15, -0.1) is 0 Å². The molecule has 6 heteroatoms. The Labute approximate surface area is 140 Å². The molecule has 2 aliphatic heterocycles. The summed E-state index contributed by atoms with van der Waals surface area (Å²) in [7, 11) is 1.81. The van der Waals surface area contributed by atoms with E-state index in [1.165, 1.54) is 23.4 Å². The van der Waals surface area contributed by atoms with Gasteiger partial charge in [0.15, 0.2) is 0 Å². The van der Waals surface area contributed by atoms with Crippen LogP contribution in [-0.4, -0.2) is 45.4 Å². The Kier molecular flexibility index (Phi) is 3.64. The van der Waals surface area contributed by atoms with E-state index < -0.39 is 0 Å². The first kappa shape index (κ1) is 15.3. The number of nitrogens with zero attached hydrogens (tertiary/aromatic N) is 3. The second-order valence-corrected chi connectivity index (χ2v) is 7.09. The molecule has 126 valence electrons. The lowest BCUT2D eigenvalue weighted by Gasteiger charge is -2.35. The predicted octanol–water partition coefficient (Wildman–Crippen LogP) is 1.36. The fraction of sp³-hybridized carbons (Fsp3) is 0.500. The number of hydrogen-bond acceptors (Lipinski definition) is 4. The van der Waals surface area contributed by atoms with Gasteiger partial charge in [0.05, 0.1) is 0 Å². The number of nitrogens with one attached hydrogen (secondary N) is 1. The molecule has 2 aromatic rings. The maximum absolute atomic E-state index is 12.9. The van der Waals surface area contributed by atoms with E-state index in [-0.39, 0.29) is 23.1 Å². The van der Waals surface area contributed by atoms with Crippen LogP contribution in [0.2, 0.25) is 0 Å². The summed E-state index contributed by atoms with van der Waals surface area (Å²) in [5.41, 5.74) is 1.45. The zero-order valence-corrected chi connectivity index (χ0v) is 14.0. The van der Waals surface area contributed by atoms with E-state index in [9.17, 15) is 9.59 Å². The number of aromatic nitrogens is 2. The Bertz CT molecular complexity index is 848. The molecule has 2 aliphatic rings. The summed E-state index contributed by atoms with van der Waals surface area (Å²) in [5.74, 6) is -0.228. The highest BCUT2D eigenvalue weighted by Crippen LogP contribution is 2.29. The number of amides is 1. The van der Waals surface area contributed by atoms with Crippen molar-refractivity contribution in [1.29, 1.82) is 0 Å². The van der Waals surface area contributed by atoms with Gasteiger partial charge in [0.1, 0.15) is 11.2 Å². The molecule has 2 fully saturated rings. The zero-order chi connectivity index (χ0) is 16.8. The van der Waals surface area contributed by atoms with Gasteiger partial charge in [-0.2, -0.15) is 0 Å². The molecule has 1 N–H and O–H groups in total. The molecule has 2 bridgehead atoms. The fourth-order valence-corrected chi connectivity index (χ4v) is 4.02. The van der Waals surface area contributed by atoms with Crippen molar-refractivity contribution in [3.05, 3.63) is 46.0 Å². The monoisotopic (exact) mass is 326 g/mol. The van der Waals surface area contributed by atoms with Gasteiger partial charge in [-0.3, -0.25) is 14.0 Å². The molecule has 0 radical (unpaired) electrons. The summed E-state index contributed by atoms with van der Waals surface area (Å²) in [6.45, 7) is 1.95. The largest absolute Gasteiger partial charge is 0.338 e. The van der Waals surface area contributed by atoms with E-state index in [0.717, 1.165) is 18.4 Å². The van der Waals surface area contributed by atoms with Crippen LogP contribution in [0.1, 0.15) is 41.6 Å². The van der Waals surface area contributed by atoms with Crippen molar-refractivity contribution < 1.29 is 4.79 Å². The lowest BCUT2D eigenvalue weighted by atomic mass is 9.98. The maximum atomic E-state index is 12.9. The van der Waals surface area contributed by atoms with Gasteiger partial charge in [-0.25, -0.2) is 4.98 Å². The third kappa shape index (κ3) is 2.51. The fourth-order valence-electron chi connectivity index (χ4n) is 4.02. The van der Waals surface area contributed by atoms with Crippen LogP contribution in [0.3, 0.4) is 0 Å². The Morgan fingerprint density at radius 1 is 1.33 bits per heavy atom. The molecule has 0 spiro atoms. The van der Waals surface area contributed by atoms with Gasteiger partial charge >= 0.3 is 0 Å². The molecule has 2 atom stereocenters. The molecule has 24 heavy (non-hydrogen) atoms. The summed E-state index contributed by atoms with van der Waals surface area (Å²) in [5, 5.41) is 3.58. The predicted molar refractivity (Wildman–Crippen MR) is 91.3 cm³/mol. The molecule has 0 saturated carbocycles. The van der Waals surface area contributed by atoms with Crippen LogP contribution in [0.25, 0.3) is 5.65 Å². The maximum Gasteiger partial charge on any atom is 0.270 e. The first-order valence-corrected chi connectivity index (χ1v) is 8.54. The summed E-state index contributed by atoms with van der Waals surface area (Å²) >= 11 is 0. The number of carbonyl (C=O) groups excluding carboxylic acids is 1. The average Bonchev–Trinajstić information content (AvgIpc) is 2.91. The summed E-state index contributed by atoms with van der Waals surface area (Å²) < 4.78 is 1.44. The smallest absolute Gasteiger partial charge is 0.270 e. The van der Waals surface area contributed by atoms with Crippen molar-refractivity contribution in [3.63, 3.8) is 0 Å². The van der Waals surface area contributed by atoms with Gasteiger partial charge in [0.25, 0.3) is 11.5 Å². The van der Waals surface area contributed by atoms with Crippen LogP contribution >= 0.6 is 0 Å². The van der Waals surface area contributed by atoms with Gasteiger partial charge in [-0.1, -0.05) is 0 Å². The van der Waals surface area contributed by atoms with E-state index in [4.69, 9.17) is 0 Å². The molecule has 2 saturated heterocycles. The Morgan fingerprint density at radius 2 is 2.04 bits per heavy atom. The third-order valence-electron chi connectivity index (χ3n) is 5.41. The number of piperidine rings is 1. The van der Waals surface area contributed by atoms with Crippen molar-refractivity contribution in [1.82, 2.24) is 19.6 Å². The highest BCUT2D eigenvalue weighted by molar-refractivity contribution is 5.93. The standard InChI is InChI=1S/C18H22N4O2/c1-11-5-6-22-16(7-11)19-10-15(18(22)24)17(23)21(2)14-8-12-3-4-13(9-14)20-12/h5-7,10,12-14,20H,3-4,8-9H2,1-2H3. The van der Waals surface area contributed by atoms with Crippen LogP contribution < -0.4 is 10.9 Å². The van der Waals surface area contributed by atoms with Crippen molar-refractivity contribution >= 4 is 11.6 Å². The number of hydrogen-bond donors (Lipinski definition) is 1. The minimum absolute atomic E-state index is 0.143. The number of carbonyl (C=O) groups is 1.